The Morgan fingerprint density at radius 1 is 1.28 bits per heavy atom. The average Bonchev–Trinajstić information content (AvgIpc) is 2.75. The van der Waals surface area contributed by atoms with Crippen molar-refractivity contribution in [1.29, 1.82) is 0 Å². The fourth-order valence-corrected chi connectivity index (χ4v) is 3.49. The lowest BCUT2D eigenvalue weighted by molar-refractivity contribution is -0.128. The zero-order chi connectivity index (χ0) is 23.4. The molecule has 0 unspecified atom stereocenters. The number of carbonyl (C=O) groups excluding carboxylic acids is 3. The van der Waals surface area contributed by atoms with Gasteiger partial charge in [0.1, 0.15) is 11.4 Å². The van der Waals surface area contributed by atoms with E-state index in [4.69, 9.17) is 21.7 Å². The summed E-state index contributed by atoms with van der Waals surface area (Å²) in [4.78, 5) is 37.9. The number of halogens is 2. The van der Waals surface area contributed by atoms with E-state index in [9.17, 15) is 18.8 Å². The second-order valence-corrected chi connectivity index (χ2v) is 7.80. The maximum Gasteiger partial charge on any atom is 0.265 e. The maximum absolute atomic E-state index is 13.0. The van der Waals surface area contributed by atoms with Gasteiger partial charge in [-0.15, -0.1) is 0 Å². The topological polar surface area (TPSA) is 97.0 Å². The van der Waals surface area contributed by atoms with Crippen molar-refractivity contribution >= 4 is 62.7 Å². The van der Waals surface area contributed by atoms with E-state index in [1.807, 2.05) is 0 Å². The van der Waals surface area contributed by atoms with Gasteiger partial charge in [-0.25, -0.2) is 4.39 Å². The van der Waals surface area contributed by atoms with Crippen LogP contribution in [0.5, 0.6) is 11.5 Å². The molecule has 3 amide bonds. The Labute approximate surface area is 196 Å². The molecule has 3 rings (SSSR count). The molecule has 0 saturated carbocycles. The van der Waals surface area contributed by atoms with Crippen molar-refractivity contribution < 1.29 is 28.2 Å². The molecule has 1 fully saturated rings. The summed E-state index contributed by atoms with van der Waals surface area (Å²) in [6, 6.07) is 8.48. The van der Waals surface area contributed by atoms with E-state index in [2.05, 4.69) is 26.6 Å². The van der Waals surface area contributed by atoms with Crippen LogP contribution in [0.25, 0.3) is 6.08 Å². The highest BCUT2D eigenvalue weighted by atomic mass is 79.9. The van der Waals surface area contributed by atoms with Gasteiger partial charge in [0, 0.05) is 12.7 Å². The van der Waals surface area contributed by atoms with Crippen LogP contribution in [-0.2, 0) is 14.4 Å². The van der Waals surface area contributed by atoms with Crippen molar-refractivity contribution in [3.63, 3.8) is 0 Å². The minimum absolute atomic E-state index is 0.0265. The van der Waals surface area contributed by atoms with Gasteiger partial charge in [0.05, 0.1) is 11.6 Å². The number of hydrogen-bond acceptors (Lipinski definition) is 6. The molecule has 0 bridgehead atoms. The molecule has 166 valence electrons. The summed E-state index contributed by atoms with van der Waals surface area (Å²) in [5, 5.41) is 5.05. The molecule has 32 heavy (non-hydrogen) atoms. The average molecular weight is 522 g/mol. The molecular weight excluding hydrogens is 505 g/mol. The van der Waals surface area contributed by atoms with Gasteiger partial charge in [-0.3, -0.25) is 24.6 Å². The van der Waals surface area contributed by atoms with Gasteiger partial charge in [0.25, 0.3) is 17.7 Å². The largest absolute Gasteiger partial charge is 0.493 e. The maximum atomic E-state index is 13.0. The van der Waals surface area contributed by atoms with Gasteiger partial charge in [0.15, 0.2) is 23.2 Å². The fraction of sp³-hybridized carbons (Fsp3) is 0.143. The quantitative estimate of drug-likeness (QED) is 0.344. The van der Waals surface area contributed by atoms with Crippen molar-refractivity contribution in [3.05, 3.63) is 57.8 Å². The monoisotopic (exact) mass is 521 g/mol. The Morgan fingerprint density at radius 3 is 2.62 bits per heavy atom. The number of nitrogens with zero attached hydrogens (tertiary/aromatic N) is 1. The van der Waals surface area contributed by atoms with Crippen LogP contribution in [0.15, 0.2) is 46.4 Å². The summed E-state index contributed by atoms with van der Waals surface area (Å²) in [7, 11) is 2.87. The standard InChI is InChI=1S/C21H17BrFN3O5S/c1-26-20(29)14(19(28)25-21(26)32)7-11-8-15(22)18(16(9-11)30-2)31-10-17(27)24-13-5-3-12(23)4-6-13/h3-9H,10H2,1-2H3,(H,24,27)(H,25,28,32)/b14-7+. The number of amides is 3. The number of likely N-dealkylation sites (N-methyl/N-ethyl adjacent to an activating group) is 1. The highest BCUT2D eigenvalue weighted by Gasteiger charge is 2.30. The Hall–Kier alpha value is -3.31. The second kappa shape index (κ2) is 9.88. The first kappa shape index (κ1) is 23.4. The van der Waals surface area contributed by atoms with Gasteiger partial charge in [-0.05, 0) is 76.2 Å². The van der Waals surface area contributed by atoms with Gasteiger partial charge in [-0.2, -0.15) is 0 Å². The predicted molar refractivity (Wildman–Crippen MR) is 123 cm³/mol. The minimum Gasteiger partial charge on any atom is -0.493 e. The summed E-state index contributed by atoms with van der Waals surface area (Å²) >= 11 is 8.28. The third-order valence-corrected chi connectivity index (χ3v) is 5.31. The molecule has 11 heteroatoms. The third-order valence-electron chi connectivity index (χ3n) is 4.34. The number of anilines is 1. The molecule has 0 aromatic heterocycles. The lowest BCUT2D eigenvalue weighted by Gasteiger charge is -2.25. The number of thiocarbonyl (C=S) groups is 1. The molecule has 0 spiro atoms. The van der Waals surface area contributed by atoms with E-state index < -0.39 is 23.5 Å². The summed E-state index contributed by atoms with van der Waals surface area (Å²) in [6.07, 6.45) is 1.40. The van der Waals surface area contributed by atoms with Crippen LogP contribution in [0.4, 0.5) is 10.1 Å². The third kappa shape index (κ3) is 5.29. The highest BCUT2D eigenvalue weighted by molar-refractivity contribution is 9.10. The molecule has 0 atom stereocenters. The Morgan fingerprint density at radius 2 is 1.97 bits per heavy atom. The van der Waals surface area contributed by atoms with E-state index in [1.54, 1.807) is 12.1 Å². The summed E-state index contributed by atoms with van der Waals surface area (Å²) < 4.78 is 24.3. The summed E-state index contributed by atoms with van der Waals surface area (Å²) in [6.45, 7) is -0.337. The Bertz CT molecular complexity index is 1140. The van der Waals surface area contributed by atoms with Crippen LogP contribution in [-0.4, -0.2) is 48.5 Å². The van der Waals surface area contributed by atoms with Gasteiger partial charge >= 0.3 is 0 Å². The van der Waals surface area contributed by atoms with Gasteiger partial charge in [0.2, 0.25) is 0 Å². The lowest BCUT2D eigenvalue weighted by atomic mass is 10.1. The van der Waals surface area contributed by atoms with Crippen LogP contribution in [0.3, 0.4) is 0 Å². The van der Waals surface area contributed by atoms with Crippen LogP contribution >= 0.6 is 28.1 Å². The number of nitrogens with one attached hydrogen (secondary N) is 2. The lowest BCUT2D eigenvalue weighted by Crippen LogP contribution is -2.52. The first-order chi connectivity index (χ1) is 15.2. The van der Waals surface area contributed by atoms with Crippen LogP contribution in [0.1, 0.15) is 5.56 Å². The number of methoxy groups -OCH3 is 1. The molecule has 2 N–H and O–H groups in total. The molecule has 8 nitrogen and oxygen atoms in total. The molecule has 1 saturated heterocycles. The first-order valence-electron chi connectivity index (χ1n) is 9.10. The van der Waals surface area contributed by atoms with Crippen molar-refractivity contribution in [2.24, 2.45) is 0 Å². The van der Waals surface area contributed by atoms with Gasteiger partial charge < -0.3 is 14.8 Å². The smallest absolute Gasteiger partial charge is 0.265 e. The van der Waals surface area contributed by atoms with E-state index in [-0.39, 0.29) is 28.8 Å². The molecule has 2 aromatic rings. The molecule has 2 aromatic carbocycles. The normalized spacial score (nSPS) is 14.9. The van der Waals surface area contributed by atoms with Crippen molar-refractivity contribution in [3.8, 4) is 11.5 Å². The molecule has 0 aliphatic carbocycles. The highest BCUT2D eigenvalue weighted by Crippen LogP contribution is 2.37. The van der Waals surface area contributed by atoms with Crippen molar-refractivity contribution in [2.75, 3.05) is 26.1 Å². The summed E-state index contributed by atoms with van der Waals surface area (Å²) in [5.74, 6) is -1.49. The fourth-order valence-electron chi connectivity index (χ4n) is 2.74. The first-order valence-corrected chi connectivity index (χ1v) is 10.3. The SMILES string of the molecule is COc1cc(/C=C2\C(=O)NC(=S)N(C)C2=O)cc(Br)c1OCC(=O)Nc1ccc(F)cc1. The van der Waals surface area contributed by atoms with Crippen molar-refractivity contribution in [1.82, 2.24) is 10.2 Å². The molecule has 0 radical (unpaired) electrons. The number of ether oxygens (including phenoxy) is 2. The Kier molecular flexibility index (Phi) is 7.21. The number of carbonyl (C=O) groups is 3. The molecule has 1 aliphatic rings. The molecular formula is C21H17BrFN3O5S. The molecule has 1 heterocycles. The van der Waals surface area contributed by atoms with Crippen LogP contribution in [0.2, 0.25) is 0 Å². The minimum atomic E-state index is -0.606. The zero-order valence-corrected chi connectivity index (χ0v) is 19.3. The van der Waals surface area contributed by atoms with Crippen molar-refractivity contribution in [2.45, 2.75) is 0 Å². The predicted octanol–water partition coefficient (Wildman–Crippen LogP) is 2.87. The number of benzene rings is 2. The molecule has 1 aliphatic heterocycles. The van der Waals surface area contributed by atoms with E-state index >= 15 is 0 Å². The van der Waals surface area contributed by atoms with E-state index in [0.717, 1.165) is 4.90 Å². The van der Waals surface area contributed by atoms with Gasteiger partial charge in [-0.1, -0.05) is 0 Å². The Balaban J connectivity index is 1.77. The number of rotatable bonds is 6. The van der Waals surface area contributed by atoms with E-state index in [1.165, 1.54) is 44.5 Å². The van der Waals surface area contributed by atoms with E-state index in [0.29, 0.717) is 15.7 Å². The van der Waals surface area contributed by atoms with Crippen LogP contribution < -0.4 is 20.1 Å². The number of hydrogen-bond donors (Lipinski definition) is 2. The second-order valence-electron chi connectivity index (χ2n) is 6.56. The zero-order valence-electron chi connectivity index (χ0n) is 16.9. The van der Waals surface area contributed by atoms with Crippen LogP contribution in [0, 0.1) is 5.82 Å². The summed E-state index contributed by atoms with van der Waals surface area (Å²) in [5.41, 5.74) is 0.812.